The molecule has 1 fully saturated rings. The number of nitrogens with zero attached hydrogens (tertiary/aromatic N) is 1. The van der Waals surface area contributed by atoms with Gasteiger partial charge in [0.15, 0.2) is 0 Å². The number of benzene rings is 1. The van der Waals surface area contributed by atoms with E-state index in [4.69, 9.17) is 4.74 Å². The summed E-state index contributed by atoms with van der Waals surface area (Å²) in [4.78, 5) is 15.4. The predicted molar refractivity (Wildman–Crippen MR) is 77.7 cm³/mol. The van der Waals surface area contributed by atoms with Gasteiger partial charge in [-0.1, -0.05) is 36.4 Å². The molecule has 1 atom stereocenters. The summed E-state index contributed by atoms with van der Waals surface area (Å²) in [5.74, 6) is -0.103. The van der Waals surface area contributed by atoms with Crippen molar-refractivity contribution in [3.05, 3.63) is 65.5 Å². The second-order valence-electron chi connectivity index (χ2n) is 4.77. The van der Waals surface area contributed by atoms with Crippen LogP contribution in [0.25, 0.3) is 12.2 Å². The number of carbonyl (C=O) groups is 1. The zero-order valence-electron chi connectivity index (χ0n) is 11.0. The number of cyclic esters (lactones) is 1. The molecule has 0 spiro atoms. The van der Waals surface area contributed by atoms with Crippen molar-refractivity contribution < 1.29 is 9.53 Å². The topological polar surface area (TPSA) is 39.2 Å². The van der Waals surface area contributed by atoms with Crippen molar-refractivity contribution in [3.8, 4) is 0 Å². The SMILES string of the molecule is O=C1CCC(c2ccc(/C=C/c3ccccn3)cc2)O1. The molecule has 1 aliphatic heterocycles. The zero-order chi connectivity index (χ0) is 13.8. The summed E-state index contributed by atoms with van der Waals surface area (Å²) in [6.07, 6.45) is 7.00. The maximum Gasteiger partial charge on any atom is 0.306 e. The molecule has 2 heterocycles. The molecule has 1 saturated heterocycles. The van der Waals surface area contributed by atoms with Gasteiger partial charge in [-0.3, -0.25) is 9.78 Å². The van der Waals surface area contributed by atoms with E-state index in [-0.39, 0.29) is 12.1 Å². The van der Waals surface area contributed by atoms with E-state index in [1.807, 2.05) is 54.6 Å². The van der Waals surface area contributed by atoms with Crippen LogP contribution in [0.4, 0.5) is 0 Å². The van der Waals surface area contributed by atoms with Crippen LogP contribution in [0.5, 0.6) is 0 Å². The van der Waals surface area contributed by atoms with Gasteiger partial charge < -0.3 is 4.74 Å². The fraction of sp³-hybridized carbons (Fsp3) is 0.176. The Labute approximate surface area is 117 Å². The van der Waals surface area contributed by atoms with E-state index in [2.05, 4.69) is 4.98 Å². The van der Waals surface area contributed by atoms with E-state index in [9.17, 15) is 4.79 Å². The first-order valence-electron chi connectivity index (χ1n) is 6.70. The quantitative estimate of drug-likeness (QED) is 0.795. The molecule has 3 heteroatoms. The van der Waals surface area contributed by atoms with Crippen molar-refractivity contribution in [2.75, 3.05) is 0 Å². The lowest BCUT2D eigenvalue weighted by molar-refractivity contribution is -0.141. The summed E-state index contributed by atoms with van der Waals surface area (Å²) in [7, 11) is 0. The predicted octanol–water partition coefficient (Wildman–Crippen LogP) is 3.63. The highest BCUT2D eigenvalue weighted by Crippen LogP contribution is 2.29. The Balaban J connectivity index is 1.70. The molecular formula is C17H15NO2. The molecule has 2 aromatic rings. The van der Waals surface area contributed by atoms with Crippen molar-refractivity contribution in [1.82, 2.24) is 4.98 Å². The van der Waals surface area contributed by atoms with Crippen LogP contribution in [0.1, 0.15) is 35.8 Å². The average molecular weight is 265 g/mol. The van der Waals surface area contributed by atoms with Crippen LogP contribution in [-0.2, 0) is 9.53 Å². The van der Waals surface area contributed by atoms with Crippen LogP contribution >= 0.6 is 0 Å². The Hall–Kier alpha value is -2.42. The fourth-order valence-corrected chi connectivity index (χ4v) is 2.24. The van der Waals surface area contributed by atoms with Crippen LogP contribution in [0.3, 0.4) is 0 Å². The molecular weight excluding hydrogens is 250 g/mol. The van der Waals surface area contributed by atoms with Gasteiger partial charge in [0, 0.05) is 12.6 Å². The van der Waals surface area contributed by atoms with Crippen LogP contribution in [-0.4, -0.2) is 11.0 Å². The number of carbonyl (C=O) groups excluding carboxylic acids is 1. The second kappa shape index (κ2) is 5.70. The van der Waals surface area contributed by atoms with Gasteiger partial charge in [-0.15, -0.1) is 0 Å². The number of hydrogen-bond donors (Lipinski definition) is 0. The number of esters is 1. The minimum absolute atomic E-state index is 0.0729. The number of ether oxygens (including phenoxy) is 1. The molecule has 20 heavy (non-hydrogen) atoms. The van der Waals surface area contributed by atoms with Gasteiger partial charge in [-0.25, -0.2) is 0 Å². The summed E-state index contributed by atoms with van der Waals surface area (Å²) >= 11 is 0. The molecule has 3 nitrogen and oxygen atoms in total. The van der Waals surface area contributed by atoms with Crippen LogP contribution in [0, 0.1) is 0 Å². The normalized spacial score (nSPS) is 18.4. The van der Waals surface area contributed by atoms with Gasteiger partial charge in [-0.2, -0.15) is 0 Å². The molecule has 0 radical (unpaired) electrons. The maximum atomic E-state index is 11.1. The fourth-order valence-electron chi connectivity index (χ4n) is 2.24. The molecule has 100 valence electrons. The molecule has 1 aromatic heterocycles. The molecule has 0 saturated carbocycles. The van der Waals surface area contributed by atoms with Gasteiger partial charge >= 0.3 is 5.97 Å². The molecule has 1 unspecified atom stereocenters. The van der Waals surface area contributed by atoms with Crippen molar-refractivity contribution >= 4 is 18.1 Å². The van der Waals surface area contributed by atoms with Gasteiger partial charge in [0.2, 0.25) is 0 Å². The van der Waals surface area contributed by atoms with Crippen molar-refractivity contribution in [2.24, 2.45) is 0 Å². The Morgan fingerprint density at radius 1 is 1.10 bits per heavy atom. The first-order chi connectivity index (χ1) is 9.81. The molecule has 0 N–H and O–H groups in total. The molecule has 0 aliphatic carbocycles. The van der Waals surface area contributed by atoms with Crippen molar-refractivity contribution in [2.45, 2.75) is 18.9 Å². The van der Waals surface area contributed by atoms with Gasteiger partial charge in [-0.05, 0) is 35.8 Å². The summed E-state index contributed by atoms with van der Waals surface area (Å²) in [5.41, 5.74) is 3.09. The van der Waals surface area contributed by atoms with Gasteiger partial charge in [0.1, 0.15) is 6.10 Å². The Bertz CT molecular complexity index is 617. The van der Waals surface area contributed by atoms with E-state index in [0.29, 0.717) is 6.42 Å². The molecule has 0 bridgehead atoms. The van der Waals surface area contributed by atoms with Crippen molar-refractivity contribution in [1.29, 1.82) is 0 Å². The van der Waals surface area contributed by atoms with Gasteiger partial charge in [0.05, 0.1) is 5.69 Å². The molecule has 1 aromatic carbocycles. The van der Waals surface area contributed by atoms with E-state index < -0.39 is 0 Å². The summed E-state index contributed by atoms with van der Waals surface area (Å²) in [6, 6.07) is 13.9. The number of aromatic nitrogens is 1. The standard InChI is InChI=1S/C17H15NO2/c19-17-11-10-16(20-17)14-7-4-13(5-8-14)6-9-15-3-1-2-12-18-15/h1-9,12,16H,10-11H2/b9-6+. The van der Waals surface area contributed by atoms with E-state index in [1.165, 1.54) is 0 Å². The summed E-state index contributed by atoms with van der Waals surface area (Å²) in [5, 5.41) is 0. The highest BCUT2D eigenvalue weighted by Gasteiger charge is 2.24. The highest BCUT2D eigenvalue weighted by molar-refractivity contribution is 5.72. The van der Waals surface area contributed by atoms with Gasteiger partial charge in [0.25, 0.3) is 0 Å². The Morgan fingerprint density at radius 3 is 2.60 bits per heavy atom. The lowest BCUT2D eigenvalue weighted by Gasteiger charge is -2.09. The van der Waals surface area contributed by atoms with Crippen LogP contribution < -0.4 is 0 Å². The maximum absolute atomic E-state index is 11.1. The van der Waals surface area contributed by atoms with E-state index >= 15 is 0 Å². The summed E-state index contributed by atoms with van der Waals surface area (Å²) < 4.78 is 5.25. The minimum atomic E-state index is -0.103. The van der Waals surface area contributed by atoms with E-state index in [1.54, 1.807) is 6.20 Å². The second-order valence-corrected chi connectivity index (χ2v) is 4.77. The highest BCUT2D eigenvalue weighted by atomic mass is 16.5. The smallest absolute Gasteiger partial charge is 0.306 e. The molecule has 1 aliphatic rings. The third-order valence-electron chi connectivity index (χ3n) is 3.33. The lowest BCUT2D eigenvalue weighted by atomic mass is 10.0. The molecule has 0 amide bonds. The van der Waals surface area contributed by atoms with Crippen LogP contribution in [0.15, 0.2) is 48.7 Å². The Morgan fingerprint density at radius 2 is 1.95 bits per heavy atom. The first kappa shape index (κ1) is 12.6. The lowest BCUT2D eigenvalue weighted by Crippen LogP contribution is -1.98. The Kier molecular flexibility index (Phi) is 3.59. The van der Waals surface area contributed by atoms with Crippen LogP contribution in [0.2, 0.25) is 0 Å². The third kappa shape index (κ3) is 2.94. The number of rotatable bonds is 3. The minimum Gasteiger partial charge on any atom is -0.457 e. The monoisotopic (exact) mass is 265 g/mol. The molecule has 3 rings (SSSR count). The largest absolute Gasteiger partial charge is 0.457 e. The number of hydrogen-bond acceptors (Lipinski definition) is 3. The average Bonchev–Trinajstić information content (AvgIpc) is 2.93. The summed E-state index contributed by atoms with van der Waals surface area (Å²) in [6.45, 7) is 0. The first-order valence-corrected chi connectivity index (χ1v) is 6.70. The van der Waals surface area contributed by atoms with E-state index in [0.717, 1.165) is 23.2 Å². The number of pyridine rings is 1. The third-order valence-corrected chi connectivity index (χ3v) is 3.33. The van der Waals surface area contributed by atoms with Crippen molar-refractivity contribution in [3.63, 3.8) is 0 Å². The zero-order valence-corrected chi connectivity index (χ0v) is 11.0.